The number of nitrogens with zero attached hydrogens (tertiary/aromatic N) is 4. The Bertz CT molecular complexity index is 476. The summed E-state index contributed by atoms with van der Waals surface area (Å²) < 4.78 is 5.34. The lowest BCUT2D eigenvalue weighted by Gasteiger charge is -2.33. The van der Waals surface area contributed by atoms with E-state index < -0.39 is 0 Å². The first-order chi connectivity index (χ1) is 10.8. The van der Waals surface area contributed by atoms with Crippen molar-refractivity contribution in [1.29, 1.82) is 0 Å². The van der Waals surface area contributed by atoms with Crippen LogP contribution in [0.2, 0.25) is 0 Å². The molecule has 1 aromatic heterocycles. The maximum absolute atomic E-state index is 12.5. The standard InChI is InChI=1S/C16H24N4O2/c21-16(4-7-19-8-10-22-11-9-19)20-6-1-2-14(12-20)15-3-5-17-13-18-15/h3,5,13-14H,1-2,4,6-12H2/t14-/m1/s1. The molecule has 0 aromatic carbocycles. The zero-order valence-electron chi connectivity index (χ0n) is 13.0. The maximum Gasteiger partial charge on any atom is 0.223 e. The van der Waals surface area contributed by atoms with Gasteiger partial charge in [0.15, 0.2) is 0 Å². The van der Waals surface area contributed by atoms with Gasteiger partial charge in [-0.2, -0.15) is 0 Å². The third-order valence-electron chi connectivity index (χ3n) is 4.54. The van der Waals surface area contributed by atoms with E-state index in [2.05, 4.69) is 14.9 Å². The van der Waals surface area contributed by atoms with Crippen molar-refractivity contribution >= 4 is 5.91 Å². The van der Waals surface area contributed by atoms with Crippen molar-refractivity contribution in [2.24, 2.45) is 0 Å². The van der Waals surface area contributed by atoms with E-state index >= 15 is 0 Å². The molecular formula is C16H24N4O2. The van der Waals surface area contributed by atoms with E-state index in [1.54, 1.807) is 12.5 Å². The molecule has 22 heavy (non-hydrogen) atoms. The summed E-state index contributed by atoms with van der Waals surface area (Å²) in [6.07, 6.45) is 6.13. The lowest BCUT2D eigenvalue weighted by Crippen LogP contribution is -2.42. The minimum absolute atomic E-state index is 0.269. The van der Waals surface area contributed by atoms with E-state index in [0.29, 0.717) is 12.3 Å². The highest BCUT2D eigenvalue weighted by Crippen LogP contribution is 2.25. The van der Waals surface area contributed by atoms with Gasteiger partial charge in [0.05, 0.1) is 13.2 Å². The third kappa shape index (κ3) is 4.01. The van der Waals surface area contributed by atoms with Crippen LogP contribution in [-0.2, 0) is 9.53 Å². The Morgan fingerprint density at radius 1 is 1.32 bits per heavy atom. The number of carbonyl (C=O) groups excluding carboxylic acids is 1. The van der Waals surface area contributed by atoms with Gasteiger partial charge in [-0.15, -0.1) is 0 Å². The minimum Gasteiger partial charge on any atom is -0.379 e. The van der Waals surface area contributed by atoms with Crippen LogP contribution in [0.1, 0.15) is 30.9 Å². The molecule has 0 N–H and O–H groups in total. The van der Waals surface area contributed by atoms with Crippen LogP contribution in [0.4, 0.5) is 0 Å². The van der Waals surface area contributed by atoms with Gasteiger partial charge in [0, 0.05) is 57.0 Å². The molecule has 1 amide bonds. The quantitative estimate of drug-likeness (QED) is 0.827. The highest BCUT2D eigenvalue weighted by Gasteiger charge is 2.25. The first-order valence-corrected chi connectivity index (χ1v) is 8.17. The molecule has 2 saturated heterocycles. The molecule has 0 radical (unpaired) electrons. The van der Waals surface area contributed by atoms with Crippen molar-refractivity contribution in [3.05, 3.63) is 24.3 Å². The summed E-state index contributed by atoms with van der Waals surface area (Å²) in [5, 5.41) is 0. The highest BCUT2D eigenvalue weighted by atomic mass is 16.5. The van der Waals surface area contributed by atoms with Crippen molar-refractivity contribution < 1.29 is 9.53 Å². The number of hydrogen-bond acceptors (Lipinski definition) is 5. The van der Waals surface area contributed by atoms with E-state index in [1.807, 2.05) is 11.0 Å². The summed E-state index contributed by atoms with van der Waals surface area (Å²) >= 11 is 0. The lowest BCUT2D eigenvalue weighted by atomic mass is 9.94. The van der Waals surface area contributed by atoms with Gasteiger partial charge >= 0.3 is 0 Å². The van der Waals surface area contributed by atoms with Crippen molar-refractivity contribution in [1.82, 2.24) is 19.8 Å². The highest BCUT2D eigenvalue weighted by molar-refractivity contribution is 5.76. The number of carbonyl (C=O) groups is 1. The van der Waals surface area contributed by atoms with Gasteiger partial charge in [0.2, 0.25) is 5.91 Å². The Hall–Kier alpha value is -1.53. The number of amides is 1. The molecule has 2 fully saturated rings. The van der Waals surface area contributed by atoms with Crippen LogP contribution in [-0.4, -0.2) is 71.6 Å². The van der Waals surface area contributed by atoms with E-state index in [-0.39, 0.29) is 5.91 Å². The van der Waals surface area contributed by atoms with Gasteiger partial charge in [0.1, 0.15) is 6.33 Å². The van der Waals surface area contributed by atoms with Crippen LogP contribution in [0.25, 0.3) is 0 Å². The van der Waals surface area contributed by atoms with Crippen molar-refractivity contribution in [3.63, 3.8) is 0 Å². The summed E-state index contributed by atoms with van der Waals surface area (Å²) in [5.41, 5.74) is 1.06. The summed E-state index contributed by atoms with van der Waals surface area (Å²) in [7, 11) is 0. The number of likely N-dealkylation sites (tertiary alicyclic amines) is 1. The topological polar surface area (TPSA) is 58.6 Å². The second kappa shape index (κ2) is 7.65. The summed E-state index contributed by atoms with van der Waals surface area (Å²) in [6.45, 7) is 5.97. The maximum atomic E-state index is 12.5. The largest absolute Gasteiger partial charge is 0.379 e. The normalized spacial score (nSPS) is 23.5. The Labute approximate surface area is 131 Å². The molecule has 1 aromatic rings. The first-order valence-electron chi connectivity index (χ1n) is 8.17. The molecule has 3 rings (SSSR count). The Kier molecular flexibility index (Phi) is 5.34. The average molecular weight is 304 g/mol. The molecule has 3 heterocycles. The monoisotopic (exact) mass is 304 g/mol. The zero-order valence-corrected chi connectivity index (χ0v) is 13.0. The van der Waals surface area contributed by atoms with Crippen LogP contribution in [0.5, 0.6) is 0 Å². The predicted octanol–water partition coefficient (Wildman–Crippen LogP) is 0.905. The van der Waals surface area contributed by atoms with E-state index in [0.717, 1.165) is 64.5 Å². The summed E-state index contributed by atoms with van der Waals surface area (Å²) in [4.78, 5) is 25.1. The Morgan fingerprint density at radius 2 is 2.18 bits per heavy atom. The SMILES string of the molecule is O=C(CCN1CCOCC1)N1CCC[C@@H](c2ccncn2)C1. The van der Waals surface area contributed by atoms with Gasteiger partial charge in [-0.1, -0.05) is 0 Å². The molecule has 120 valence electrons. The smallest absolute Gasteiger partial charge is 0.223 e. The fourth-order valence-electron chi connectivity index (χ4n) is 3.22. The number of ether oxygens (including phenoxy) is 1. The second-order valence-electron chi connectivity index (χ2n) is 6.02. The van der Waals surface area contributed by atoms with Crippen LogP contribution >= 0.6 is 0 Å². The second-order valence-corrected chi connectivity index (χ2v) is 6.02. The molecule has 1 atom stereocenters. The van der Waals surface area contributed by atoms with Crippen LogP contribution < -0.4 is 0 Å². The van der Waals surface area contributed by atoms with Crippen molar-refractivity contribution in [2.45, 2.75) is 25.2 Å². The molecule has 0 unspecified atom stereocenters. The fraction of sp³-hybridized carbons (Fsp3) is 0.688. The Morgan fingerprint density at radius 3 is 2.95 bits per heavy atom. The molecule has 2 aliphatic rings. The Balaban J connectivity index is 1.49. The summed E-state index contributed by atoms with van der Waals surface area (Å²) in [6, 6.07) is 1.96. The van der Waals surface area contributed by atoms with E-state index in [4.69, 9.17) is 4.74 Å². The molecule has 6 nitrogen and oxygen atoms in total. The molecule has 0 saturated carbocycles. The number of hydrogen-bond donors (Lipinski definition) is 0. The molecule has 0 aliphatic carbocycles. The number of rotatable bonds is 4. The molecule has 0 bridgehead atoms. The number of piperidine rings is 1. The fourth-order valence-corrected chi connectivity index (χ4v) is 3.22. The molecule has 0 spiro atoms. The predicted molar refractivity (Wildman–Crippen MR) is 82.5 cm³/mol. The molecule has 2 aliphatic heterocycles. The van der Waals surface area contributed by atoms with Crippen molar-refractivity contribution in [2.75, 3.05) is 45.9 Å². The van der Waals surface area contributed by atoms with E-state index in [9.17, 15) is 4.79 Å². The average Bonchev–Trinajstić information content (AvgIpc) is 2.61. The first kappa shape index (κ1) is 15.4. The third-order valence-corrected chi connectivity index (χ3v) is 4.54. The van der Waals surface area contributed by atoms with Crippen molar-refractivity contribution in [3.8, 4) is 0 Å². The zero-order chi connectivity index (χ0) is 15.2. The van der Waals surface area contributed by atoms with Gasteiger partial charge in [0.25, 0.3) is 0 Å². The van der Waals surface area contributed by atoms with Crippen LogP contribution in [0.15, 0.2) is 18.6 Å². The van der Waals surface area contributed by atoms with Gasteiger partial charge in [-0.05, 0) is 18.9 Å². The van der Waals surface area contributed by atoms with Crippen LogP contribution in [0, 0.1) is 0 Å². The summed E-state index contributed by atoms with van der Waals surface area (Å²) in [5.74, 6) is 0.620. The minimum atomic E-state index is 0.269. The molecule has 6 heteroatoms. The number of morpholine rings is 1. The molecular weight excluding hydrogens is 280 g/mol. The van der Waals surface area contributed by atoms with Crippen LogP contribution in [0.3, 0.4) is 0 Å². The number of aromatic nitrogens is 2. The van der Waals surface area contributed by atoms with Gasteiger partial charge in [-0.25, -0.2) is 9.97 Å². The van der Waals surface area contributed by atoms with E-state index in [1.165, 1.54) is 0 Å². The lowest BCUT2D eigenvalue weighted by molar-refractivity contribution is -0.133. The van der Waals surface area contributed by atoms with Gasteiger partial charge in [-0.3, -0.25) is 9.69 Å². The van der Waals surface area contributed by atoms with Gasteiger partial charge < -0.3 is 9.64 Å².